The normalized spacial score (nSPS) is 11.5. The highest BCUT2D eigenvalue weighted by molar-refractivity contribution is 7.89. The highest BCUT2D eigenvalue weighted by atomic mass is 32.2. The fraction of sp³-hybridized carbons (Fsp3) is 0.0667. The van der Waals surface area contributed by atoms with Crippen LogP contribution in [0.5, 0.6) is 0 Å². The summed E-state index contributed by atoms with van der Waals surface area (Å²) in [6, 6.07) is 9.98. The highest BCUT2D eigenvalue weighted by Crippen LogP contribution is 2.34. The molecule has 0 bridgehead atoms. The van der Waals surface area contributed by atoms with Gasteiger partial charge in [0, 0.05) is 18.0 Å². The molecule has 0 spiro atoms. The molecule has 0 aliphatic heterocycles. The molecule has 0 unspecified atom stereocenters. The van der Waals surface area contributed by atoms with Gasteiger partial charge in [0.15, 0.2) is 0 Å². The van der Waals surface area contributed by atoms with E-state index in [1.165, 1.54) is 12.1 Å². The quantitative estimate of drug-likeness (QED) is 0.800. The predicted octanol–water partition coefficient (Wildman–Crippen LogP) is 2.36. The number of pyridine rings is 1. The summed E-state index contributed by atoms with van der Waals surface area (Å²) < 4.78 is 27.9. The van der Waals surface area contributed by atoms with Crippen molar-refractivity contribution < 1.29 is 12.9 Å². The fourth-order valence-corrected chi connectivity index (χ4v) is 2.74. The third-order valence-corrected chi connectivity index (χ3v) is 4.20. The Morgan fingerprint density at radius 2 is 1.82 bits per heavy atom. The van der Waals surface area contributed by atoms with Gasteiger partial charge in [0.25, 0.3) is 0 Å². The maximum absolute atomic E-state index is 11.3. The van der Waals surface area contributed by atoms with Crippen molar-refractivity contribution in [2.75, 3.05) is 0 Å². The van der Waals surface area contributed by atoms with Crippen LogP contribution < -0.4 is 5.14 Å². The Bertz CT molecular complexity index is 901. The molecule has 3 rings (SSSR count). The second kappa shape index (κ2) is 5.36. The second-order valence-electron chi connectivity index (χ2n) is 4.77. The average Bonchev–Trinajstić information content (AvgIpc) is 2.89. The maximum Gasteiger partial charge on any atom is 0.238 e. The van der Waals surface area contributed by atoms with Gasteiger partial charge in [-0.3, -0.25) is 4.98 Å². The number of sulfonamides is 1. The van der Waals surface area contributed by atoms with E-state index in [9.17, 15) is 8.42 Å². The minimum atomic E-state index is -3.71. The van der Waals surface area contributed by atoms with Crippen LogP contribution in [0, 0.1) is 6.92 Å². The van der Waals surface area contributed by atoms with Crippen LogP contribution >= 0.6 is 0 Å². The topological polar surface area (TPSA) is 99.1 Å². The Hall–Kier alpha value is -2.51. The lowest BCUT2D eigenvalue weighted by molar-refractivity contribution is 0.400. The summed E-state index contributed by atoms with van der Waals surface area (Å²) in [5.41, 5.74) is 3.08. The molecular formula is C15H13N3O3S. The van der Waals surface area contributed by atoms with Crippen molar-refractivity contribution in [3.05, 3.63) is 54.6 Å². The van der Waals surface area contributed by atoms with Crippen LogP contribution in [0.4, 0.5) is 0 Å². The van der Waals surface area contributed by atoms with Gasteiger partial charge in [-0.1, -0.05) is 17.3 Å². The van der Waals surface area contributed by atoms with Crippen LogP contribution in [0.15, 0.2) is 58.2 Å². The van der Waals surface area contributed by atoms with Gasteiger partial charge in [0.1, 0.15) is 11.5 Å². The Morgan fingerprint density at radius 1 is 1.09 bits per heavy atom. The van der Waals surface area contributed by atoms with Crippen LogP contribution in [-0.4, -0.2) is 18.6 Å². The third kappa shape index (κ3) is 2.63. The van der Waals surface area contributed by atoms with E-state index in [4.69, 9.17) is 9.66 Å². The molecule has 7 heteroatoms. The zero-order valence-corrected chi connectivity index (χ0v) is 12.5. The summed E-state index contributed by atoms with van der Waals surface area (Å²) in [4.78, 5) is 4.14. The van der Waals surface area contributed by atoms with E-state index in [-0.39, 0.29) is 4.90 Å². The Morgan fingerprint density at radius 3 is 2.41 bits per heavy atom. The molecule has 22 heavy (non-hydrogen) atoms. The Labute approximate surface area is 127 Å². The minimum Gasteiger partial charge on any atom is -0.360 e. The van der Waals surface area contributed by atoms with Gasteiger partial charge in [-0.15, -0.1) is 0 Å². The van der Waals surface area contributed by atoms with E-state index in [0.29, 0.717) is 11.5 Å². The van der Waals surface area contributed by atoms with Crippen molar-refractivity contribution in [2.24, 2.45) is 5.14 Å². The SMILES string of the molecule is Cc1onc(-c2cccnc2)c1-c1ccc(S(N)(=O)=O)cc1. The molecule has 0 saturated heterocycles. The van der Waals surface area contributed by atoms with Crippen LogP contribution in [0.2, 0.25) is 0 Å². The first kappa shape index (κ1) is 14.4. The lowest BCUT2D eigenvalue weighted by Gasteiger charge is -2.04. The van der Waals surface area contributed by atoms with Crippen LogP contribution in [0.25, 0.3) is 22.4 Å². The molecule has 6 nitrogen and oxygen atoms in total. The van der Waals surface area contributed by atoms with E-state index in [2.05, 4.69) is 10.1 Å². The molecule has 0 fully saturated rings. The minimum absolute atomic E-state index is 0.0632. The molecule has 112 valence electrons. The monoisotopic (exact) mass is 315 g/mol. The number of nitrogens with zero attached hydrogens (tertiary/aromatic N) is 2. The number of benzene rings is 1. The van der Waals surface area contributed by atoms with E-state index in [1.807, 2.05) is 12.1 Å². The summed E-state index contributed by atoms with van der Waals surface area (Å²) in [6.07, 6.45) is 3.37. The number of primary sulfonamides is 1. The zero-order valence-electron chi connectivity index (χ0n) is 11.7. The largest absolute Gasteiger partial charge is 0.360 e. The molecule has 0 atom stereocenters. The van der Waals surface area contributed by atoms with Crippen molar-refractivity contribution >= 4 is 10.0 Å². The van der Waals surface area contributed by atoms with Gasteiger partial charge in [-0.05, 0) is 36.8 Å². The van der Waals surface area contributed by atoms with Crippen molar-refractivity contribution in [1.82, 2.24) is 10.1 Å². The standard InChI is InChI=1S/C15H13N3O3S/c1-10-14(11-4-6-13(7-5-11)22(16,19)20)15(18-21-10)12-3-2-8-17-9-12/h2-9H,1H3,(H2,16,19,20). The van der Waals surface area contributed by atoms with Crippen LogP contribution in [0.3, 0.4) is 0 Å². The molecule has 0 saturated carbocycles. The number of nitrogens with two attached hydrogens (primary N) is 1. The Balaban J connectivity index is 2.12. The van der Waals surface area contributed by atoms with Gasteiger partial charge in [0.05, 0.1) is 10.5 Å². The molecule has 0 amide bonds. The highest BCUT2D eigenvalue weighted by Gasteiger charge is 2.17. The molecule has 1 aromatic carbocycles. The van der Waals surface area contributed by atoms with Crippen molar-refractivity contribution in [1.29, 1.82) is 0 Å². The summed E-state index contributed by atoms with van der Waals surface area (Å²) in [5.74, 6) is 0.641. The molecule has 2 N–H and O–H groups in total. The third-order valence-electron chi connectivity index (χ3n) is 3.27. The fourth-order valence-electron chi connectivity index (χ4n) is 2.22. The van der Waals surface area contributed by atoms with Crippen molar-refractivity contribution in [3.8, 4) is 22.4 Å². The maximum atomic E-state index is 11.3. The number of aromatic nitrogens is 2. The first-order valence-corrected chi connectivity index (χ1v) is 8.01. The molecule has 2 heterocycles. The summed E-state index contributed by atoms with van der Waals surface area (Å²) in [7, 11) is -3.71. The van der Waals surface area contributed by atoms with Gasteiger partial charge in [-0.25, -0.2) is 13.6 Å². The molecule has 3 aromatic rings. The first-order chi connectivity index (χ1) is 10.5. The second-order valence-corrected chi connectivity index (χ2v) is 6.33. The van der Waals surface area contributed by atoms with E-state index < -0.39 is 10.0 Å². The smallest absolute Gasteiger partial charge is 0.238 e. The summed E-state index contributed by atoms with van der Waals surface area (Å²) in [6.45, 7) is 1.80. The number of rotatable bonds is 3. The van der Waals surface area contributed by atoms with Gasteiger partial charge < -0.3 is 4.52 Å². The molecule has 0 aliphatic rings. The number of hydrogen-bond acceptors (Lipinski definition) is 5. The summed E-state index contributed by atoms with van der Waals surface area (Å²) in [5, 5.41) is 9.19. The average molecular weight is 315 g/mol. The van der Waals surface area contributed by atoms with Gasteiger partial charge >= 0.3 is 0 Å². The van der Waals surface area contributed by atoms with E-state index in [0.717, 1.165) is 16.7 Å². The van der Waals surface area contributed by atoms with Gasteiger partial charge in [0.2, 0.25) is 10.0 Å². The summed E-state index contributed by atoms with van der Waals surface area (Å²) >= 11 is 0. The molecule has 2 aromatic heterocycles. The van der Waals surface area contributed by atoms with E-state index in [1.54, 1.807) is 31.5 Å². The predicted molar refractivity (Wildman–Crippen MR) is 81.3 cm³/mol. The molecular weight excluding hydrogens is 302 g/mol. The van der Waals surface area contributed by atoms with Crippen molar-refractivity contribution in [2.45, 2.75) is 11.8 Å². The van der Waals surface area contributed by atoms with Crippen LogP contribution in [0.1, 0.15) is 5.76 Å². The molecule has 0 aliphatic carbocycles. The lowest BCUT2D eigenvalue weighted by atomic mass is 10.0. The molecule has 0 radical (unpaired) electrons. The van der Waals surface area contributed by atoms with Gasteiger partial charge in [-0.2, -0.15) is 0 Å². The van der Waals surface area contributed by atoms with Crippen LogP contribution in [-0.2, 0) is 10.0 Å². The van der Waals surface area contributed by atoms with Crippen molar-refractivity contribution in [3.63, 3.8) is 0 Å². The lowest BCUT2D eigenvalue weighted by Crippen LogP contribution is -2.11. The Kier molecular flexibility index (Phi) is 3.51. The van der Waals surface area contributed by atoms with E-state index >= 15 is 0 Å². The number of hydrogen-bond donors (Lipinski definition) is 1. The first-order valence-electron chi connectivity index (χ1n) is 6.47. The number of aryl methyl sites for hydroxylation is 1. The zero-order chi connectivity index (χ0) is 15.7.